The molecule has 0 bridgehead atoms. The zero-order chi connectivity index (χ0) is 9.26. The van der Waals surface area contributed by atoms with Gasteiger partial charge in [-0.2, -0.15) is 4.98 Å². The highest BCUT2D eigenvalue weighted by Crippen LogP contribution is 2.16. The summed E-state index contributed by atoms with van der Waals surface area (Å²) in [5.41, 5.74) is 7.10. The first-order chi connectivity index (χ1) is 6.31. The van der Waals surface area contributed by atoms with Gasteiger partial charge in [-0.05, 0) is 19.5 Å². The Labute approximate surface area is 75.8 Å². The van der Waals surface area contributed by atoms with Crippen molar-refractivity contribution in [3.63, 3.8) is 0 Å². The first-order valence-corrected chi connectivity index (χ1v) is 4.22. The van der Waals surface area contributed by atoms with Crippen LogP contribution in [0.15, 0.2) is 16.7 Å². The summed E-state index contributed by atoms with van der Waals surface area (Å²) in [6.07, 6.45) is 2.39. The van der Waals surface area contributed by atoms with Crippen LogP contribution in [0, 0.1) is 6.92 Å². The Hall–Kier alpha value is -1.42. The van der Waals surface area contributed by atoms with Crippen LogP contribution in [0.1, 0.15) is 11.5 Å². The van der Waals surface area contributed by atoms with Crippen LogP contribution in [0.2, 0.25) is 0 Å². The lowest BCUT2D eigenvalue weighted by Gasteiger charge is -1.99. The number of furan rings is 1. The van der Waals surface area contributed by atoms with Crippen molar-refractivity contribution in [3.8, 4) is 0 Å². The second kappa shape index (κ2) is 3.14. The number of nitrogens with two attached hydrogens (primary N) is 1. The molecule has 4 nitrogen and oxygen atoms in total. The van der Waals surface area contributed by atoms with E-state index in [2.05, 4.69) is 9.97 Å². The van der Waals surface area contributed by atoms with Crippen LogP contribution in [0.4, 0.5) is 0 Å². The average Bonchev–Trinajstić information content (AvgIpc) is 2.52. The number of rotatable bonds is 2. The molecule has 68 valence electrons. The molecule has 2 aromatic heterocycles. The Morgan fingerprint density at radius 2 is 2.31 bits per heavy atom. The van der Waals surface area contributed by atoms with E-state index in [9.17, 15) is 0 Å². The van der Waals surface area contributed by atoms with Gasteiger partial charge in [-0.3, -0.25) is 0 Å². The Bertz CT molecular complexity index is 422. The van der Waals surface area contributed by atoms with Gasteiger partial charge in [-0.15, -0.1) is 0 Å². The normalized spacial score (nSPS) is 10.9. The van der Waals surface area contributed by atoms with Crippen LogP contribution in [0.3, 0.4) is 0 Å². The number of aromatic nitrogens is 2. The molecule has 0 aliphatic heterocycles. The summed E-state index contributed by atoms with van der Waals surface area (Å²) in [5, 5.41) is 0.969. The van der Waals surface area contributed by atoms with Gasteiger partial charge >= 0.3 is 0 Å². The summed E-state index contributed by atoms with van der Waals surface area (Å²) < 4.78 is 5.19. The van der Waals surface area contributed by atoms with Crippen molar-refractivity contribution in [1.29, 1.82) is 0 Å². The fourth-order valence-corrected chi connectivity index (χ4v) is 1.36. The molecule has 0 unspecified atom stereocenters. The van der Waals surface area contributed by atoms with Gasteiger partial charge in [0.1, 0.15) is 5.82 Å². The number of nitrogens with zero attached hydrogens (tertiary/aromatic N) is 2. The topological polar surface area (TPSA) is 64.9 Å². The molecule has 0 saturated heterocycles. The summed E-state index contributed by atoms with van der Waals surface area (Å²) in [5.74, 6) is 0.728. The summed E-state index contributed by atoms with van der Waals surface area (Å²) in [6.45, 7) is 2.44. The quantitative estimate of drug-likeness (QED) is 0.744. The van der Waals surface area contributed by atoms with Crippen molar-refractivity contribution < 1.29 is 4.42 Å². The van der Waals surface area contributed by atoms with Crippen molar-refractivity contribution in [2.75, 3.05) is 6.54 Å². The van der Waals surface area contributed by atoms with Crippen LogP contribution >= 0.6 is 0 Å². The third kappa shape index (κ3) is 1.40. The third-order valence-electron chi connectivity index (χ3n) is 1.90. The molecule has 2 N–H and O–H groups in total. The number of aryl methyl sites for hydroxylation is 1. The Morgan fingerprint density at radius 1 is 1.46 bits per heavy atom. The number of hydrogen-bond donors (Lipinski definition) is 1. The van der Waals surface area contributed by atoms with Crippen molar-refractivity contribution in [3.05, 3.63) is 23.8 Å². The highest BCUT2D eigenvalue weighted by Gasteiger charge is 2.06. The van der Waals surface area contributed by atoms with E-state index in [0.29, 0.717) is 12.3 Å². The molecule has 2 heterocycles. The molecule has 0 aromatic carbocycles. The maximum Gasteiger partial charge on any atom is 0.229 e. The zero-order valence-electron chi connectivity index (χ0n) is 7.45. The molecular weight excluding hydrogens is 166 g/mol. The van der Waals surface area contributed by atoms with Crippen LogP contribution in [-0.2, 0) is 6.42 Å². The van der Waals surface area contributed by atoms with Gasteiger partial charge in [0, 0.05) is 6.42 Å². The lowest BCUT2D eigenvalue weighted by Crippen LogP contribution is -2.06. The minimum atomic E-state index is 0.594. The molecule has 0 amide bonds. The van der Waals surface area contributed by atoms with Gasteiger partial charge in [0.25, 0.3) is 0 Å². The summed E-state index contributed by atoms with van der Waals surface area (Å²) in [6, 6.07) is 1.87. The largest absolute Gasteiger partial charge is 0.446 e. The van der Waals surface area contributed by atoms with Crippen LogP contribution < -0.4 is 5.73 Å². The lowest BCUT2D eigenvalue weighted by atomic mass is 10.2. The molecule has 0 atom stereocenters. The Kier molecular flexibility index (Phi) is 1.98. The molecule has 13 heavy (non-hydrogen) atoms. The summed E-state index contributed by atoms with van der Waals surface area (Å²) in [7, 11) is 0. The van der Waals surface area contributed by atoms with Gasteiger partial charge < -0.3 is 10.2 Å². The first kappa shape index (κ1) is 8.19. The second-order valence-electron chi connectivity index (χ2n) is 2.90. The van der Waals surface area contributed by atoms with Crippen molar-refractivity contribution in [2.45, 2.75) is 13.3 Å². The first-order valence-electron chi connectivity index (χ1n) is 4.22. The molecule has 0 fully saturated rings. The van der Waals surface area contributed by atoms with Gasteiger partial charge in [-0.1, -0.05) is 0 Å². The maximum atomic E-state index is 5.48. The van der Waals surface area contributed by atoms with Crippen molar-refractivity contribution in [1.82, 2.24) is 9.97 Å². The Morgan fingerprint density at radius 3 is 3.08 bits per heavy atom. The van der Waals surface area contributed by atoms with Gasteiger partial charge in [0.2, 0.25) is 5.71 Å². The van der Waals surface area contributed by atoms with Crippen LogP contribution in [0.25, 0.3) is 11.1 Å². The minimum Gasteiger partial charge on any atom is -0.446 e. The zero-order valence-corrected chi connectivity index (χ0v) is 7.45. The van der Waals surface area contributed by atoms with E-state index in [0.717, 1.165) is 23.3 Å². The van der Waals surface area contributed by atoms with Crippen LogP contribution in [-0.4, -0.2) is 16.5 Å². The maximum absolute atomic E-state index is 5.48. The second-order valence-corrected chi connectivity index (χ2v) is 2.90. The van der Waals surface area contributed by atoms with Crippen molar-refractivity contribution >= 4 is 11.1 Å². The van der Waals surface area contributed by atoms with Gasteiger partial charge in [-0.25, -0.2) is 4.98 Å². The molecule has 0 saturated carbocycles. The molecule has 0 aliphatic carbocycles. The predicted octanol–water partition coefficient (Wildman–Crippen LogP) is 1.03. The SMILES string of the molecule is Cc1nc(CCN)c2ccoc2n1. The van der Waals surface area contributed by atoms with E-state index in [1.54, 1.807) is 6.26 Å². The molecule has 2 aromatic rings. The molecule has 0 spiro atoms. The Balaban J connectivity index is 2.63. The van der Waals surface area contributed by atoms with Gasteiger partial charge in [0.05, 0.1) is 17.3 Å². The van der Waals surface area contributed by atoms with Crippen molar-refractivity contribution in [2.24, 2.45) is 5.73 Å². The molecule has 4 heteroatoms. The molecule has 2 rings (SSSR count). The fourth-order valence-electron chi connectivity index (χ4n) is 1.36. The molecular formula is C9H11N3O. The standard InChI is InChI=1S/C9H11N3O/c1-6-11-8(2-4-10)7-3-5-13-9(7)12-6/h3,5H,2,4,10H2,1H3. The monoisotopic (exact) mass is 177 g/mol. The number of fused-ring (bicyclic) bond motifs is 1. The van der Waals surface area contributed by atoms with E-state index >= 15 is 0 Å². The van der Waals surface area contributed by atoms with Crippen LogP contribution in [0.5, 0.6) is 0 Å². The van der Waals surface area contributed by atoms with Gasteiger partial charge in [0.15, 0.2) is 0 Å². The highest BCUT2D eigenvalue weighted by atomic mass is 16.3. The fraction of sp³-hybridized carbons (Fsp3) is 0.333. The van der Waals surface area contributed by atoms with E-state index < -0.39 is 0 Å². The third-order valence-corrected chi connectivity index (χ3v) is 1.90. The highest BCUT2D eigenvalue weighted by molar-refractivity contribution is 5.75. The predicted molar refractivity (Wildman–Crippen MR) is 49.3 cm³/mol. The summed E-state index contributed by atoms with van der Waals surface area (Å²) >= 11 is 0. The molecule has 0 radical (unpaired) electrons. The lowest BCUT2D eigenvalue weighted by molar-refractivity contribution is 0.600. The summed E-state index contributed by atoms with van der Waals surface area (Å²) in [4.78, 5) is 8.47. The van der Waals surface area contributed by atoms with E-state index in [4.69, 9.17) is 10.2 Å². The smallest absolute Gasteiger partial charge is 0.229 e. The number of hydrogen-bond acceptors (Lipinski definition) is 4. The average molecular weight is 177 g/mol. The minimum absolute atomic E-state index is 0.594. The van der Waals surface area contributed by atoms with E-state index in [1.165, 1.54) is 0 Å². The van der Waals surface area contributed by atoms with E-state index in [-0.39, 0.29) is 0 Å². The molecule has 0 aliphatic rings. The van der Waals surface area contributed by atoms with E-state index in [1.807, 2.05) is 13.0 Å².